The molecule has 0 unspecified atom stereocenters. The summed E-state index contributed by atoms with van der Waals surface area (Å²) in [7, 11) is 0. The van der Waals surface area contributed by atoms with Crippen LogP contribution in [-0.4, -0.2) is 48.1 Å². The Hall–Kier alpha value is -3.07. The van der Waals surface area contributed by atoms with E-state index in [2.05, 4.69) is 20.5 Å². The number of anilines is 2. The molecule has 0 saturated carbocycles. The maximum Gasteiger partial charge on any atom is 0.272 e. The second kappa shape index (κ2) is 11.0. The van der Waals surface area contributed by atoms with Gasteiger partial charge in [0.2, 0.25) is 6.43 Å². The number of carbonyl (C=O) groups is 1. The van der Waals surface area contributed by atoms with Gasteiger partial charge in [0.05, 0.1) is 11.9 Å². The van der Waals surface area contributed by atoms with E-state index in [1.807, 2.05) is 35.8 Å². The van der Waals surface area contributed by atoms with Gasteiger partial charge in [0, 0.05) is 43.6 Å². The summed E-state index contributed by atoms with van der Waals surface area (Å²) in [5.41, 5.74) is 2.63. The van der Waals surface area contributed by atoms with Gasteiger partial charge in [-0.15, -0.1) is 0 Å². The van der Waals surface area contributed by atoms with Gasteiger partial charge >= 0.3 is 0 Å². The van der Waals surface area contributed by atoms with Crippen molar-refractivity contribution in [2.24, 2.45) is 0 Å². The average Bonchev–Trinajstić information content (AvgIpc) is 3.19. The number of halogens is 3. The fourth-order valence-electron chi connectivity index (χ4n) is 3.73. The Morgan fingerprint density at radius 3 is 2.53 bits per heavy atom. The van der Waals surface area contributed by atoms with Crippen molar-refractivity contribution in [1.29, 1.82) is 0 Å². The predicted octanol–water partition coefficient (Wildman–Crippen LogP) is 4.46. The summed E-state index contributed by atoms with van der Waals surface area (Å²) >= 11 is 0. The third-order valence-corrected chi connectivity index (χ3v) is 5.18. The number of rotatable bonds is 5. The normalized spacial score (nSPS) is 13.8. The minimum atomic E-state index is -2.17. The first-order chi connectivity index (χ1) is 15.4. The van der Waals surface area contributed by atoms with E-state index in [9.17, 15) is 18.0 Å². The molecule has 6 nitrogen and oxygen atoms in total. The second-order valence-corrected chi connectivity index (χ2v) is 7.37. The lowest BCUT2D eigenvalue weighted by Crippen LogP contribution is -2.43. The highest BCUT2D eigenvalue weighted by Crippen LogP contribution is 2.25. The number of carbonyl (C=O) groups excluding carboxylic acids is 1. The van der Waals surface area contributed by atoms with Gasteiger partial charge in [0.25, 0.3) is 5.91 Å². The zero-order valence-electron chi connectivity index (χ0n) is 18.2. The van der Waals surface area contributed by atoms with Gasteiger partial charge in [0.1, 0.15) is 18.2 Å². The van der Waals surface area contributed by atoms with Crippen LogP contribution in [0.3, 0.4) is 0 Å². The summed E-state index contributed by atoms with van der Waals surface area (Å²) < 4.78 is 35.9. The Kier molecular flexibility index (Phi) is 8.10. The van der Waals surface area contributed by atoms with E-state index in [1.54, 1.807) is 18.3 Å². The number of pyridine rings is 1. The molecule has 4 rings (SSSR count). The monoisotopic (exact) mass is 447 g/mol. The van der Waals surface area contributed by atoms with Crippen molar-refractivity contribution in [2.45, 2.75) is 33.5 Å². The first-order valence-corrected chi connectivity index (χ1v) is 10.6. The molecule has 2 aromatic heterocycles. The van der Waals surface area contributed by atoms with Crippen LogP contribution in [0, 0.1) is 0 Å². The van der Waals surface area contributed by atoms with E-state index in [1.165, 1.54) is 0 Å². The van der Waals surface area contributed by atoms with E-state index in [-0.39, 0.29) is 5.91 Å². The molecule has 172 valence electrons. The molecule has 0 spiro atoms. The Morgan fingerprint density at radius 2 is 1.94 bits per heavy atom. The standard InChI is InChI=1S/C21H24FN5O.C2H4F2/c1-2-27-18-5-3-4-15(13-22)17(18)12-19(27)21(28)25-16-6-7-20(24-14-16)26-10-8-23-9-11-26;1-2(3)4/h3-7,12,14,23H,2,8-11,13H2,1H3,(H,25,28);2H,1H3. The molecular formula is C23H28F3N5O. The number of alkyl halides is 3. The lowest BCUT2D eigenvalue weighted by molar-refractivity contribution is 0.101. The molecule has 1 aliphatic rings. The van der Waals surface area contributed by atoms with Crippen molar-refractivity contribution >= 4 is 28.3 Å². The summed E-state index contributed by atoms with van der Waals surface area (Å²) in [6.07, 6.45) is -0.485. The lowest BCUT2D eigenvalue weighted by Gasteiger charge is -2.28. The fraction of sp³-hybridized carbons (Fsp3) is 0.391. The molecule has 2 N–H and O–H groups in total. The molecule has 32 heavy (non-hydrogen) atoms. The number of hydrogen-bond acceptors (Lipinski definition) is 4. The predicted molar refractivity (Wildman–Crippen MR) is 121 cm³/mol. The molecule has 0 radical (unpaired) electrons. The quantitative estimate of drug-likeness (QED) is 0.606. The fourth-order valence-corrected chi connectivity index (χ4v) is 3.73. The zero-order chi connectivity index (χ0) is 23.1. The molecule has 9 heteroatoms. The Labute approximate surface area is 185 Å². The van der Waals surface area contributed by atoms with Crippen LogP contribution in [-0.2, 0) is 13.2 Å². The number of nitrogens with zero attached hydrogens (tertiary/aromatic N) is 3. The zero-order valence-corrected chi connectivity index (χ0v) is 18.2. The van der Waals surface area contributed by atoms with E-state index >= 15 is 0 Å². The number of fused-ring (bicyclic) bond motifs is 1. The smallest absolute Gasteiger partial charge is 0.272 e. The third-order valence-electron chi connectivity index (χ3n) is 5.18. The number of aryl methyl sites for hydroxylation is 1. The van der Waals surface area contributed by atoms with Crippen molar-refractivity contribution in [3.05, 3.63) is 53.9 Å². The van der Waals surface area contributed by atoms with Gasteiger partial charge in [-0.1, -0.05) is 12.1 Å². The third kappa shape index (κ3) is 5.59. The molecular weight excluding hydrogens is 419 g/mol. The van der Waals surface area contributed by atoms with E-state index in [0.717, 1.165) is 49.8 Å². The average molecular weight is 448 g/mol. The molecule has 1 fully saturated rings. The first kappa shape index (κ1) is 23.6. The molecule has 0 bridgehead atoms. The highest BCUT2D eigenvalue weighted by Gasteiger charge is 2.17. The van der Waals surface area contributed by atoms with Gasteiger partial charge in [-0.3, -0.25) is 4.79 Å². The number of hydrogen-bond donors (Lipinski definition) is 2. The van der Waals surface area contributed by atoms with Gasteiger partial charge < -0.3 is 20.1 Å². The number of aromatic nitrogens is 2. The number of amides is 1. The maximum atomic E-state index is 13.3. The second-order valence-electron chi connectivity index (χ2n) is 7.37. The first-order valence-electron chi connectivity index (χ1n) is 10.6. The number of benzene rings is 1. The van der Waals surface area contributed by atoms with Crippen LogP contribution in [0.15, 0.2) is 42.6 Å². The molecule has 1 amide bonds. The number of piperazine rings is 1. The summed E-state index contributed by atoms with van der Waals surface area (Å²) in [4.78, 5) is 19.6. The van der Waals surface area contributed by atoms with Gasteiger partial charge in [-0.25, -0.2) is 18.2 Å². The summed E-state index contributed by atoms with van der Waals surface area (Å²) in [5, 5.41) is 7.01. The van der Waals surface area contributed by atoms with Crippen molar-refractivity contribution in [3.8, 4) is 0 Å². The number of nitrogens with one attached hydrogen (secondary N) is 2. The molecule has 0 atom stereocenters. The van der Waals surface area contributed by atoms with Crippen LogP contribution < -0.4 is 15.5 Å². The topological polar surface area (TPSA) is 62.2 Å². The van der Waals surface area contributed by atoms with Gasteiger partial charge in [-0.05, 0) is 43.7 Å². The Morgan fingerprint density at radius 1 is 1.22 bits per heavy atom. The summed E-state index contributed by atoms with van der Waals surface area (Å²) in [5.74, 6) is 0.689. The SMILES string of the molecule is CC(F)F.CCn1c(C(=O)Nc2ccc(N3CCNCC3)nc2)cc2c(CF)cccc21. The van der Waals surface area contributed by atoms with Crippen LogP contribution in [0.5, 0.6) is 0 Å². The van der Waals surface area contributed by atoms with Gasteiger partial charge in [0.15, 0.2) is 0 Å². The van der Waals surface area contributed by atoms with Crippen molar-refractivity contribution in [2.75, 3.05) is 36.4 Å². The highest BCUT2D eigenvalue weighted by atomic mass is 19.3. The summed E-state index contributed by atoms with van der Waals surface area (Å²) in [6.45, 7) is 6.62. The van der Waals surface area contributed by atoms with E-state index < -0.39 is 13.1 Å². The summed E-state index contributed by atoms with van der Waals surface area (Å²) in [6, 6.07) is 11.1. The van der Waals surface area contributed by atoms with Crippen LogP contribution in [0.4, 0.5) is 24.7 Å². The van der Waals surface area contributed by atoms with Crippen molar-refractivity contribution in [3.63, 3.8) is 0 Å². The Balaban J connectivity index is 0.000000668. The molecule has 3 aromatic rings. The van der Waals surface area contributed by atoms with Crippen molar-refractivity contribution < 1.29 is 18.0 Å². The van der Waals surface area contributed by atoms with Gasteiger partial charge in [-0.2, -0.15) is 0 Å². The van der Waals surface area contributed by atoms with Crippen LogP contribution in [0.1, 0.15) is 29.9 Å². The molecule has 0 aliphatic carbocycles. The van der Waals surface area contributed by atoms with E-state index in [4.69, 9.17) is 0 Å². The largest absolute Gasteiger partial charge is 0.354 e. The van der Waals surface area contributed by atoms with E-state index in [0.29, 0.717) is 23.5 Å². The highest BCUT2D eigenvalue weighted by molar-refractivity contribution is 6.06. The minimum absolute atomic E-state index is 0.223. The molecule has 1 aromatic carbocycles. The van der Waals surface area contributed by atoms with Crippen molar-refractivity contribution in [1.82, 2.24) is 14.9 Å². The minimum Gasteiger partial charge on any atom is -0.354 e. The maximum absolute atomic E-state index is 13.3. The van der Waals surface area contributed by atoms with Crippen LogP contribution in [0.25, 0.3) is 10.9 Å². The molecule has 1 saturated heterocycles. The van der Waals surface area contributed by atoms with Crippen LogP contribution >= 0.6 is 0 Å². The van der Waals surface area contributed by atoms with Crippen LogP contribution in [0.2, 0.25) is 0 Å². The molecule has 1 aliphatic heterocycles. The Bertz CT molecular complexity index is 1030. The lowest BCUT2D eigenvalue weighted by atomic mass is 10.1. The molecule has 3 heterocycles.